The van der Waals surface area contributed by atoms with Gasteiger partial charge < -0.3 is 11.1 Å². The molecule has 0 aromatic heterocycles. The summed E-state index contributed by atoms with van der Waals surface area (Å²) in [7, 11) is 0. The van der Waals surface area contributed by atoms with Crippen LogP contribution in [-0.2, 0) is 0 Å². The van der Waals surface area contributed by atoms with Crippen LogP contribution in [0, 0.1) is 11.3 Å². The lowest BCUT2D eigenvalue weighted by atomic mass is 9.82. The first-order valence-corrected chi connectivity index (χ1v) is 5.19. The van der Waals surface area contributed by atoms with Crippen LogP contribution in [0.2, 0.25) is 0 Å². The molecule has 0 saturated carbocycles. The SMILES string of the molecule is CC(C)(C)C1NCC2CC(N)C=C21. The van der Waals surface area contributed by atoms with Crippen LogP contribution in [0.15, 0.2) is 11.6 Å². The number of nitrogens with two attached hydrogens (primary N) is 1. The minimum Gasteiger partial charge on any atom is -0.324 e. The van der Waals surface area contributed by atoms with Gasteiger partial charge in [0.25, 0.3) is 0 Å². The van der Waals surface area contributed by atoms with Crippen LogP contribution >= 0.6 is 0 Å². The zero-order valence-electron chi connectivity index (χ0n) is 8.80. The van der Waals surface area contributed by atoms with E-state index in [1.54, 1.807) is 5.57 Å². The van der Waals surface area contributed by atoms with E-state index < -0.39 is 0 Å². The van der Waals surface area contributed by atoms with Crippen LogP contribution in [0.25, 0.3) is 0 Å². The summed E-state index contributed by atoms with van der Waals surface area (Å²) < 4.78 is 0. The molecule has 1 saturated heterocycles. The van der Waals surface area contributed by atoms with E-state index in [4.69, 9.17) is 5.73 Å². The van der Waals surface area contributed by atoms with Crippen LogP contribution < -0.4 is 11.1 Å². The fourth-order valence-corrected chi connectivity index (χ4v) is 2.63. The molecule has 3 N–H and O–H groups in total. The van der Waals surface area contributed by atoms with Crippen LogP contribution in [0.3, 0.4) is 0 Å². The maximum absolute atomic E-state index is 5.93. The third kappa shape index (κ3) is 1.53. The largest absolute Gasteiger partial charge is 0.324 e. The molecular formula is C11H20N2. The summed E-state index contributed by atoms with van der Waals surface area (Å²) in [4.78, 5) is 0. The molecule has 2 rings (SSSR count). The van der Waals surface area contributed by atoms with E-state index in [-0.39, 0.29) is 0 Å². The van der Waals surface area contributed by atoms with Crippen molar-refractivity contribution in [3.05, 3.63) is 11.6 Å². The highest BCUT2D eigenvalue weighted by Gasteiger charge is 2.40. The fourth-order valence-electron chi connectivity index (χ4n) is 2.63. The zero-order valence-corrected chi connectivity index (χ0v) is 8.80. The van der Waals surface area contributed by atoms with Gasteiger partial charge in [0.2, 0.25) is 0 Å². The molecule has 3 unspecified atom stereocenters. The second-order valence-corrected chi connectivity index (χ2v) is 5.47. The Bertz CT molecular complexity index is 237. The second-order valence-electron chi connectivity index (χ2n) is 5.47. The summed E-state index contributed by atoms with van der Waals surface area (Å²) in [6, 6.07) is 0.859. The molecule has 74 valence electrons. The minimum absolute atomic E-state index is 0.312. The van der Waals surface area contributed by atoms with Gasteiger partial charge in [-0.05, 0) is 17.8 Å². The quantitative estimate of drug-likeness (QED) is 0.551. The smallest absolute Gasteiger partial charge is 0.0332 e. The summed E-state index contributed by atoms with van der Waals surface area (Å²) in [5.41, 5.74) is 7.82. The van der Waals surface area contributed by atoms with Gasteiger partial charge >= 0.3 is 0 Å². The van der Waals surface area contributed by atoms with Gasteiger partial charge in [0.15, 0.2) is 0 Å². The van der Waals surface area contributed by atoms with E-state index >= 15 is 0 Å². The Morgan fingerprint density at radius 2 is 2.15 bits per heavy atom. The van der Waals surface area contributed by atoms with Gasteiger partial charge in [-0.3, -0.25) is 0 Å². The lowest BCUT2D eigenvalue weighted by molar-refractivity contribution is 0.328. The Labute approximate surface area is 80.6 Å². The third-order valence-corrected chi connectivity index (χ3v) is 3.20. The summed E-state index contributed by atoms with van der Waals surface area (Å²) in [5.74, 6) is 0.722. The highest BCUT2D eigenvalue weighted by atomic mass is 15.0. The van der Waals surface area contributed by atoms with E-state index in [1.807, 2.05) is 0 Å². The first-order chi connectivity index (χ1) is 5.98. The number of nitrogens with one attached hydrogen (secondary N) is 1. The third-order valence-electron chi connectivity index (χ3n) is 3.20. The molecule has 0 aromatic carbocycles. The van der Waals surface area contributed by atoms with Crippen LogP contribution in [0.5, 0.6) is 0 Å². The van der Waals surface area contributed by atoms with Crippen molar-refractivity contribution in [1.29, 1.82) is 0 Å². The van der Waals surface area contributed by atoms with E-state index in [9.17, 15) is 0 Å². The summed E-state index contributed by atoms with van der Waals surface area (Å²) in [5, 5.41) is 3.60. The summed E-state index contributed by atoms with van der Waals surface area (Å²) in [6.45, 7) is 7.99. The fraction of sp³-hybridized carbons (Fsp3) is 0.818. The van der Waals surface area contributed by atoms with Crippen molar-refractivity contribution in [1.82, 2.24) is 5.32 Å². The first kappa shape index (κ1) is 9.22. The molecule has 3 atom stereocenters. The van der Waals surface area contributed by atoms with E-state index in [1.165, 1.54) is 0 Å². The maximum Gasteiger partial charge on any atom is 0.0332 e. The van der Waals surface area contributed by atoms with Gasteiger partial charge in [-0.1, -0.05) is 32.4 Å². The summed E-state index contributed by atoms with van der Waals surface area (Å²) in [6.07, 6.45) is 3.43. The average Bonchev–Trinajstić information content (AvgIpc) is 2.41. The molecule has 1 fully saturated rings. The Morgan fingerprint density at radius 1 is 1.46 bits per heavy atom. The monoisotopic (exact) mass is 180 g/mol. The molecule has 2 nitrogen and oxygen atoms in total. The van der Waals surface area contributed by atoms with Gasteiger partial charge in [0.05, 0.1) is 0 Å². The number of fused-ring (bicyclic) bond motifs is 1. The molecule has 13 heavy (non-hydrogen) atoms. The molecule has 2 aliphatic rings. The zero-order chi connectivity index (χ0) is 9.64. The molecular weight excluding hydrogens is 160 g/mol. The first-order valence-electron chi connectivity index (χ1n) is 5.19. The molecule has 0 amide bonds. The Morgan fingerprint density at radius 3 is 2.77 bits per heavy atom. The topological polar surface area (TPSA) is 38.0 Å². The van der Waals surface area contributed by atoms with Crippen LogP contribution in [0.1, 0.15) is 27.2 Å². The number of hydrogen-bond acceptors (Lipinski definition) is 2. The van der Waals surface area contributed by atoms with Crippen molar-refractivity contribution in [2.75, 3.05) is 6.54 Å². The lowest BCUT2D eigenvalue weighted by Crippen LogP contribution is -2.36. The predicted octanol–water partition coefficient (Wildman–Crippen LogP) is 1.28. The second kappa shape index (κ2) is 2.82. The van der Waals surface area contributed by atoms with E-state index in [2.05, 4.69) is 32.2 Å². The van der Waals surface area contributed by atoms with Crippen molar-refractivity contribution in [3.8, 4) is 0 Å². The van der Waals surface area contributed by atoms with Gasteiger partial charge in [-0.15, -0.1) is 0 Å². The minimum atomic E-state index is 0.312. The number of hydrogen-bond donors (Lipinski definition) is 2. The van der Waals surface area contributed by atoms with Crippen molar-refractivity contribution >= 4 is 0 Å². The molecule has 0 radical (unpaired) electrons. The van der Waals surface area contributed by atoms with Crippen LogP contribution in [-0.4, -0.2) is 18.6 Å². The van der Waals surface area contributed by atoms with Gasteiger partial charge in [0.1, 0.15) is 0 Å². The van der Waals surface area contributed by atoms with Crippen molar-refractivity contribution in [3.63, 3.8) is 0 Å². The van der Waals surface area contributed by atoms with Crippen molar-refractivity contribution in [2.24, 2.45) is 17.1 Å². The molecule has 1 aliphatic carbocycles. The van der Waals surface area contributed by atoms with Crippen molar-refractivity contribution < 1.29 is 0 Å². The van der Waals surface area contributed by atoms with E-state index in [0.29, 0.717) is 17.5 Å². The van der Waals surface area contributed by atoms with Crippen molar-refractivity contribution in [2.45, 2.75) is 39.3 Å². The lowest BCUT2D eigenvalue weighted by Gasteiger charge is -2.28. The molecule has 0 bridgehead atoms. The predicted molar refractivity (Wildman–Crippen MR) is 55.4 cm³/mol. The molecule has 0 spiro atoms. The molecule has 0 aromatic rings. The highest BCUT2D eigenvalue weighted by Crippen LogP contribution is 2.38. The molecule has 1 heterocycles. The molecule has 2 heteroatoms. The van der Waals surface area contributed by atoms with Gasteiger partial charge in [0, 0.05) is 18.6 Å². The van der Waals surface area contributed by atoms with E-state index in [0.717, 1.165) is 18.9 Å². The Kier molecular flexibility index (Phi) is 2.00. The standard InChI is InChI=1S/C11H20N2/c1-11(2,3)10-9-5-8(12)4-7(9)6-13-10/h5,7-8,10,13H,4,6,12H2,1-3H3. The van der Waals surface area contributed by atoms with Gasteiger partial charge in [-0.25, -0.2) is 0 Å². The Hall–Kier alpha value is -0.340. The van der Waals surface area contributed by atoms with Crippen LogP contribution in [0.4, 0.5) is 0 Å². The highest BCUT2D eigenvalue weighted by molar-refractivity contribution is 5.29. The average molecular weight is 180 g/mol. The number of rotatable bonds is 0. The maximum atomic E-state index is 5.93. The summed E-state index contributed by atoms with van der Waals surface area (Å²) >= 11 is 0. The molecule has 1 aliphatic heterocycles. The normalized spacial score (nSPS) is 39.1. The van der Waals surface area contributed by atoms with Gasteiger partial charge in [-0.2, -0.15) is 0 Å². The Balaban J connectivity index is 2.21.